The predicted octanol–water partition coefficient (Wildman–Crippen LogP) is 4.25. The molecule has 0 spiro atoms. The number of nitrogens with one attached hydrogen (secondary N) is 1. The van der Waals surface area contributed by atoms with Crippen molar-refractivity contribution in [1.29, 1.82) is 0 Å². The monoisotopic (exact) mass is 338 g/mol. The van der Waals surface area contributed by atoms with Gasteiger partial charge >= 0.3 is 6.03 Å². The molecule has 1 aliphatic rings. The third-order valence-electron chi connectivity index (χ3n) is 4.30. The van der Waals surface area contributed by atoms with Crippen LogP contribution in [0.5, 0.6) is 0 Å². The molecule has 0 aliphatic carbocycles. The molecule has 0 bridgehead atoms. The summed E-state index contributed by atoms with van der Waals surface area (Å²) in [5.41, 5.74) is 0.964. The average Bonchev–Trinajstić information content (AvgIpc) is 3.03. The second-order valence-corrected chi connectivity index (χ2v) is 6.77. The molecule has 0 aromatic heterocycles. The van der Waals surface area contributed by atoms with Crippen LogP contribution in [-0.2, 0) is 4.74 Å². The summed E-state index contributed by atoms with van der Waals surface area (Å²) in [5.74, 6) is 0.250. The molecule has 23 heavy (non-hydrogen) atoms. The minimum absolute atomic E-state index is 0.0541. The van der Waals surface area contributed by atoms with Crippen molar-refractivity contribution in [1.82, 2.24) is 10.2 Å². The van der Waals surface area contributed by atoms with Crippen molar-refractivity contribution in [3.8, 4) is 0 Å². The molecule has 128 valence electrons. The maximum Gasteiger partial charge on any atom is 0.317 e. The molecule has 1 N–H and O–H groups in total. The highest BCUT2D eigenvalue weighted by atomic mass is 35.5. The lowest BCUT2D eigenvalue weighted by atomic mass is 9.96. The van der Waals surface area contributed by atoms with Crippen LogP contribution in [0, 0.1) is 5.92 Å². The summed E-state index contributed by atoms with van der Waals surface area (Å²) in [4.78, 5) is 14.5. The van der Waals surface area contributed by atoms with Crippen LogP contribution in [0.1, 0.15) is 45.2 Å². The Morgan fingerprint density at radius 3 is 2.74 bits per heavy atom. The van der Waals surface area contributed by atoms with E-state index in [0.29, 0.717) is 18.1 Å². The van der Waals surface area contributed by atoms with Crippen molar-refractivity contribution in [3.05, 3.63) is 34.9 Å². The second-order valence-electron chi connectivity index (χ2n) is 6.37. The third kappa shape index (κ3) is 4.85. The van der Waals surface area contributed by atoms with E-state index in [1.54, 1.807) is 0 Å². The zero-order chi connectivity index (χ0) is 16.8. The van der Waals surface area contributed by atoms with E-state index in [-0.39, 0.29) is 24.1 Å². The lowest BCUT2D eigenvalue weighted by Crippen LogP contribution is -2.45. The Labute approximate surface area is 144 Å². The maximum absolute atomic E-state index is 12.7. The summed E-state index contributed by atoms with van der Waals surface area (Å²) in [6.07, 6.45) is 2.28. The molecular formula is C18H27ClN2O2. The molecule has 1 saturated heterocycles. The van der Waals surface area contributed by atoms with Gasteiger partial charge in [-0.3, -0.25) is 0 Å². The highest BCUT2D eigenvalue weighted by Gasteiger charge is 2.25. The fourth-order valence-corrected chi connectivity index (χ4v) is 3.20. The van der Waals surface area contributed by atoms with Gasteiger partial charge in [-0.1, -0.05) is 43.6 Å². The summed E-state index contributed by atoms with van der Waals surface area (Å²) in [7, 11) is 0. The molecule has 2 amide bonds. The molecular weight excluding hydrogens is 312 g/mol. The molecule has 0 saturated carbocycles. The number of hydrogen-bond acceptors (Lipinski definition) is 2. The van der Waals surface area contributed by atoms with Crippen LogP contribution in [-0.4, -0.2) is 36.7 Å². The van der Waals surface area contributed by atoms with Crippen LogP contribution in [0.4, 0.5) is 4.79 Å². The number of rotatable bonds is 6. The van der Waals surface area contributed by atoms with Crippen LogP contribution >= 0.6 is 11.6 Å². The van der Waals surface area contributed by atoms with Gasteiger partial charge in [-0.05, 0) is 37.3 Å². The first-order chi connectivity index (χ1) is 11.0. The normalized spacial score (nSPS) is 18.9. The van der Waals surface area contributed by atoms with Crippen molar-refractivity contribution in [3.63, 3.8) is 0 Å². The van der Waals surface area contributed by atoms with Crippen molar-refractivity contribution in [2.24, 2.45) is 5.92 Å². The fraction of sp³-hybridized carbons (Fsp3) is 0.611. The molecule has 2 atom stereocenters. The molecule has 0 radical (unpaired) electrons. The number of ether oxygens (including phenoxy) is 1. The van der Waals surface area contributed by atoms with Crippen LogP contribution in [0.3, 0.4) is 0 Å². The van der Waals surface area contributed by atoms with E-state index >= 15 is 0 Å². The average molecular weight is 339 g/mol. The standard InChI is InChI=1S/C18H27ClN2O2/c1-4-21(12-14-8-7-11-23-14)18(22)20-17(13(2)3)15-9-5-6-10-16(15)19/h5-6,9-10,13-14,17H,4,7-8,11-12H2,1-3H3,(H,20,22). The van der Waals surface area contributed by atoms with Crippen LogP contribution < -0.4 is 5.32 Å². The van der Waals surface area contributed by atoms with Crippen molar-refractivity contribution in [2.45, 2.75) is 45.8 Å². The molecule has 4 nitrogen and oxygen atoms in total. The molecule has 1 fully saturated rings. The largest absolute Gasteiger partial charge is 0.376 e. The van der Waals surface area contributed by atoms with Gasteiger partial charge in [0.1, 0.15) is 0 Å². The summed E-state index contributed by atoms with van der Waals surface area (Å²) in [6, 6.07) is 7.54. The lowest BCUT2D eigenvalue weighted by molar-refractivity contribution is 0.0817. The minimum atomic E-state index is -0.102. The number of likely N-dealkylation sites (N-methyl/N-ethyl adjacent to an activating group) is 1. The highest BCUT2D eigenvalue weighted by Crippen LogP contribution is 2.28. The van der Waals surface area contributed by atoms with E-state index in [0.717, 1.165) is 25.0 Å². The topological polar surface area (TPSA) is 41.6 Å². The van der Waals surface area contributed by atoms with Gasteiger partial charge in [0.2, 0.25) is 0 Å². The zero-order valence-corrected chi connectivity index (χ0v) is 15.0. The number of halogens is 1. The third-order valence-corrected chi connectivity index (χ3v) is 4.65. The quantitative estimate of drug-likeness (QED) is 0.842. The van der Waals surface area contributed by atoms with E-state index < -0.39 is 0 Å². The van der Waals surface area contributed by atoms with Gasteiger partial charge in [0.15, 0.2) is 0 Å². The fourth-order valence-electron chi connectivity index (χ4n) is 2.94. The number of carbonyl (C=O) groups is 1. The Bertz CT molecular complexity index is 515. The Hall–Kier alpha value is -1.26. The lowest BCUT2D eigenvalue weighted by Gasteiger charge is -2.29. The minimum Gasteiger partial charge on any atom is -0.376 e. The first kappa shape index (κ1) is 18.1. The van der Waals surface area contributed by atoms with Crippen LogP contribution in [0.25, 0.3) is 0 Å². The van der Waals surface area contributed by atoms with Crippen molar-refractivity contribution < 1.29 is 9.53 Å². The summed E-state index contributed by atoms with van der Waals surface area (Å²) in [6.45, 7) is 8.29. The first-order valence-electron chi connectivity index (χ1n) is 8.44. The SMILES string of the molecule is CCN(CC1CCCO1)C(=O)NC(c1ccccc1Cl)C(C)C. The van der Waals surface area contributed by atoms with E-state index in [1.165, 1.54) is 0 Å². The Kier molecular flexibility index (Phi) is 6.72. The number of benzene rings is 1. The number of nitrogens with zero attached hydrogens (tertiary/aromatic N) is 1. The zero-order valence-electron chi connectivity index (χ0n) is 14.2. The van der Waals surface area contributed by atoms with Gasteiger partial charge in [0.25, 0.3) is 0 Å². The molecule has 2 rings (SSSR count). The van der Waals surface area contributed by atoms with Gasteiger partial charge < -0.3 is 15.0 Å². The molecule has 1 heterocycles. The second kappa shape index (κ2) is 8.55. The van der Waals surface area contributed by atoms with Gasteiger partial charge in [-0.15, -0.1) is 0 Å². The molecule has 1 aromatic carbocycles. The van der Waals surface area contributed by atoms with Crippen molar-refractivity contribution in [2.75, 3.05) is 19.7 Å². The van der Waals surface area contributed by atoms with E-state index in [4.69, 9.17) is 16.3 Å². The number of carbonyl (C=O) groups excluding carboxylic acids is 1. The van der Waals surface area contributed by atoms with Gasteiger partial charge in [-0.2, -0.15) is 0 Å². The smallest absolute Gasteiger partial charge is 0.317 e. The summed E-state index contributed by atoms with van der Waals surface area (Å²) >= 11 is 6.31. The first-order valence-corrected chi connectivity index (χ1v) is 8.82. The highest BCUT2D eigenvalue weighted by molar-refractivity contribution is 6.31. The van der Waals surface area contributed by atoms with Gasteiger partial charge in [0, 0.05) is 24.7 Å². The van der Waals surface area contributed by atoms with E-state index in [2.05, 4.69) is 19.2 Å². The summed E-state index contributed by atoms with van der Waals surface area (Å²) < 4.78 is 5.65. The van der Waals surface area contributed by atoms with Crippen molar-refractivity contribution >= 4 is 17.6 Å². The Morgan fingerprint density at radius 1 is 1.43 bits per heavy atom. The van der Waals surface area contributed by atoms with Crippen LogP contribution in [0.15, 0.2) is 24.3 Å². The van der Waals surface area contributed by atoms with Gasteiger partial charge in [0.05, 0.1) is 12.1 Å². The number of hydrogen-bond donors (Lipinski definition) is 1. The van der Waals surface area contributed by atoms with Crippen LogP contribution in [0.2, 0.25) is 5.02 Å². The number of urea groups is 1. The summed E-state index contributed by atoms with van der Waals surface area (Å²) in [5, 5.41) is 3.83. The van der Waals surface area contributed by atoms with E-state index in [1.807, 2.05) is 36.1 Å². The molecule has 1 aliphatic heterocycles. The Balaban J connectivity index is 2.06. The van der Waals surface area contributed by atoms with Gasteiger partial charge in [-0.25, -0.2) is 4.79 Å². The molecule has 2 unspecified atom stereocenters. The number of amides is 2. The predicted molar refractivity (Wildman–Crippen MR) is 93.8 cm³/mol. The molecule has 5 heteroatoms. The maximum atomic E-state index is 12.7. The van der Waals surface area contributed by atoms with E-state index in [9.17, 15) is 4.79 Å². The Morgan fingerprint density at radius 2 is 2.17 bits per heavy atom. The molecule has 1 aromatic rings.